The van der Waals surface area contributed by atoms with Crippen molar-refractivity contribution >= 4 is 23.6 Å². The van der Waals surface area contributed by atoms with Crippen LogP contribution in [0.1, 0.15) is 38.7 Å². The van der Waals surface area contributed by atoms with E-state index in [1.807, 2.05) is 23.1 Å². The molecular weight excluding hydrogens is 334 g/mol. The van der Waals surface area contributed by atoms with Crippen LogP contribution in [-0.4, -0.2) is 40.2 Å². The molecule has 25 heavy (non-hydrogen) atoms. The number of carboxylic acid groups (broad SMARTS) is 1. The molecule has 1 aliphatic heterocycles. The van der Waals surface area contributed by atoms with Crippen LogP contribution in [-0.2, 0) is 15.3 Å². The molecule has 2 atom stereocenters. The van der Waals surface area contributed by atoms with Crippen molar-refractivity contribution in [2.75, 3.05) is 13.1 Å². The highest BCUT2D eigenvalue weighted by Crippen LogP contribution is 2.59. The van der Waals surface area contributed by atoms with Crippen LogP contribution in [0.5, 0.6) is 0 Å². The van der Waals surface area contributed by atoms with Gasteiger partial charge in [-0.3, -0.25) is 9.59 Å². The molecule has 1 aliphatic carbocycles. The van der Waals surface area contributed by atoms with Crippen molar-refractivity contribution in [3.63, 3.8) is 0 Å². The average molecular weight is 362 g/mol. The number of hydrogen-bond acceptors (Lipinski definition) is 3. The lowest BCUT2D eigenvalue weighted by molar-refractivity contribution is -0.139. The Morgan fingerprint density at radius 1 is 1.24 bits per heavy atom. The number of amides is 1. The minimum absolute atomic E-state index is 0.0207. The van der Waals surface area contributed by atoms with Crippen LogP contribution in [0.25, 0.3) is 0 Å². The van der Waals surface area contributed by atoms with Gasteiger partial charge < -0.3 is 10.0 Å². The van der Waals surface area contributed by atoms with Gasteiger partial charge in [0.05, 0.1) is 11.2 Å². The standard InChI is InChI=1S/C20H27NO3S/c1-14(2)17(25-13-15-6-4-3-5-7-15)18(22)21-10-8-20(9-11-21)12-16(20)19(23)24/h3-7,14,16-17H,8-13H2,1-2H3,(H,23,24). The number of hydrogen-bond donors (Lipinski definition) is 1. The number of carbonyl (C=O) groups excluding carboxylic acids is 1. The van der Waals surface area contributed by atoms with Gasteiger partial charge in [-0.15, -0.1) is 11.8 Å². The van der Waals surface area contributed by atoms with Crippen LogP contribution < -0.4 is 0 Å². The van der Waals surface area contributed by atoms with Gasteiger partial charge in [0.25, 0.3) is 0 Å². The van der Waals surface area contributed by atoms with E-state index in [0.29, 0.717) is 13.1 Å². The van der Waals surface area contributed by atoms with Crippen molar-refractivity contribution in [1.82, 2.24) is 4.90 Å². The summed E-state index contributed by atoms with van der Waals surface area (Å²) in [6.07, 6.45) is 2.47. The van der Waals surface area contributed by atoms with Crippen molar-refractivity contribution < 1.29 is 14.7 Å². The topological polar surface area (TPSA) is 57.6 Å². The number of carboxylic acids is 1. The highest BCUT2D eigenvalue weighted by molar-refractivity contribution is 7.99. The summed E-state index contributed by atoms with van der Waals surface area (Å²) >= 11 is 1.72. The van der Waals surface area contributed by atoms with E-state index in [1.165, 1.54) is 5.56 Å². The second kappa shape index (κ2) is 7.40. The third kappa shape index (κ3) is 4.02. The zero-order valence-corrected chi connectivity index (χ0v) is 15.8. The molecule has 5 heteroatoms. The smallest absolute Gasteiger partial charge is 0.307 e. The van der Waals surface area contributed by atoms with Crippen molar-refractivity contribution in [2.24, 2.45) is 17.3 Å². The van der Waals surface area contributed by atoms with Crippen LogP contribution in [0.3, 0.4) is 0 Å². The molecule has 1 aromatic rings. The molecule has 1 aromatic carbocycles. The Labute approximate surface area is 154 Å². The predicted molar refractivity (Wildman–Crippen MR) is 100 cm³/mol. The molecular formula is C20H27NO3S. The fourth-order valence-corrected chi connectivity index (χ4v) is 5.15. The summed E-state index contributed by atoms with van der Waals surface area (Å²) in [5.74, 6) is 0.494. The zero-order valence-electron chi connectivity index (χ0n) is 15.0. The number of carbonyl (C=O) groups is 2. The first kappa shape index (κ1) is 18.3. The number of aliphatic carboxylic acids is 1. The summed E-state index contributed by atoms with van der Waals surface area (Å²) < 4.78 is 0. The molecule has 1 amide bonds. The van der Waals surface area contributed by atoms with Crippen molar-refractivity contribution in [3.05, 3.63) is 35.9 Å². The number of benzene rings is 1. The van der Waals surface area contributed by atoms with Gasteiger partial charge in [0, 0.05) is 18.8 Å². The molecule has 0 bridgehead atoms. The lowest BCUT2D eigenvalue weighted by Crippen LogP contribution is -2.45. The van der Waals surface area contributed by atoms with E-state index < -0.39 is 5.97 Å². The molecule has 0 aromatic heterocycles. The first-order valence-corrected chi connectivity index (χ1v) is 10.1. The summed E-state index contributed by atoms with van der Waals surface area (Å²) in [4.78, 5) is 26.1. The largest absolute Gasteiger partial charge is 0.481 e. The van der Waals surface area contributed by atoms with Crippen molar-refractivity contribution in [1.29, 1.82) is 0 Å². The van der Waals surface area contributed by atoms with Gasteiger partial charge in [-0.2, -0.15) is 0 Å². The third-order valence-corrected chi connectivity index (χ3v) is 7.29. The maximum Gasteiger partial charge on any atom is 0.307 e. The number of piperidine rings is 1. The third-order valence-electron chi connectivity index (χ3n) is 5.68. The number of rotatable bonds is 6. The highest BCUT2D eigenvalue weighted by Gasteiger charge is 2.59. The fourth-order valence-electron chi connectivity index (χ4n) is 3.91. The Kier molecular flexibility index (Phi) is 5.42. The Balaban J connectivity index is 1.55. The summed E-state index contributed by atoms with van der Waals surface area (Å²) in [6, 6.07) is 10.3. The van der Waals surface area contributed by atoms with Gasteiger partial charge in [-0.1, -0.05) is 44.2 Å². The van der Waals surface area contributed by atoms with Gasteiger partial charge in [0.15, 0.2) is 0 Å². The zero-order chi connectivity index (χ0) is 18.0. The molecule has 3 rings (SSSR count). The van der Waals surface area contributed by atoms with Crippen LogP contribution in [0.15, 0.2) is 30.3 Å². The minimum atomic E-state index is -0.668. The molecule has 1 heterocycles. The van der Waals surface area contributed by atoms with Crippen LogP contribution in [0, 0.1) is 17.3 Å². The van der Waals surface area contributed by atoms with Gasteiger partial charge in [-0.25, -0.2) is 0 Å². The molecule has 0 radical (unpaired) electrons. The van der Waals surface area contributed by atoms with E-state index in [1.54, 1.807) is 11.8 Å². The second-order valence-corrected chi connectivity index (χ2v) is 8.87. The minimum Gasteiger partial charge on any atom is -0.481 e. The summed E-state index contributed by atoms with van der Waals surface area (Å²) in [5, 5.41) is 9.16. The van der Waals surface area contributed by atoms with Crippen LogP contribution in [0.4, 0.5) is 0 Å². The molecule has 2 fully saturated rings. The molecule has 1 spiro atoms. The average Bonchev–Trinajstić information content (AvgIpc) is 3.30. The Bertz CT molecular complexity index is 623. The normalized spacial score (nSPS) is 22.8. The van der Waals surface area contributed by atoms with Crippen LogP contribution in [0.2, 0.25) is 0 Å². The Morgan fingerprint density at radius 2 is 1.88 bits per heavy atom. The lowest BCUT2D eigenvalue weighted by Gasteiger charge is -2.35. The van der Waals surface area contributed by atoms with Gasteiger partial charge in [0.2, 0.25) is 5.91 Å². The van der Waals surface area contributed by atoms with E-state index in [2.05, 4.69) is 26.0 Å². The van der Waals surface area contributed by atoms with E-state index in [9.17, 15) is 14.7 Å². The van der Waals surface area contributed by atoms with Crippen molar-refractivity contribution in [3.8, 4) is 0 Å². The van der Waals surface area contributed by atoms with E-state index >= 15 is 0 Å². The number of thioether (sulfide) groups is 1. The van der Waals surface area contributed by atoms with E-state index in [4.69, 9.17) is 0 Å². The SMILES string of the molecule is CC(C)C(SCc1ccccc1)C(=O)N1CCC2(CC1)CC2C(=O)O. The van der Waals surface area contributed by atoms with Gasteiger partial charge in [0.1, 0.15) is 0 Å². The molecule has 2 unspecified atom stereocenters. The molecule has 2 aliphatic rings. The van der Waals surface area contributed by atoms with Crippen LogP contribution >= 0.6 is 11.8 Å². The quantitative estimate of drug-likeness (QED) is 0.840. The van der Waals surface area contributed by atoms with E-state index in [0.717, 1.165) is 25.0 Å². The number of likely N-dealkylation sites (tertiary alicyclic amines) is 1. The molecule has 1 saturated carbocycles. The summed E-state index contributed by atoms with van der Waals surface area (Å²) in [7, 11) is 0. The van der Waals surface area contributed by atoms with Gasteiger partial charge >= 0.3 is 5.97 Å². The Morgan fingerprint density at radius 3 is 2.40 bits per heavy atom. The summed E-state index contributed by atoms with van der Waals surface area (Å²) in [5.41, 5.74) is 1.22. The molecule has 1 N–H and O–H groups in total. The first-order valence-electron chi connectivity index (χ1n) is 9.10. The molecule has 4 nitrogen and oxygen atoms in total. The molecule has 1 saturated heterocycles. The molecule has 136 valence electrons. The van der Waals surface area contributed by atoms with Crippen molar-refractivity contribution in [2.45, 2.75) is 44.1 Å². The van der Waals surface area contributed by atoms with Gasteiger partial charge in [-0.05, 0) is 36.2 Å². The Hall–Kier alpha value is -1.49. The monoisotopic (exact) mass is 361 g/mol. The fraction of sp³-hybridized carbons (Fsp3) is 0.600. The number of nitrogens with zero attached hydrogens (tertiary/aromatic N) is 1. The lowest BCUT2D eigenvalue weighted by atomic mass is 9.90. The highest BCUT2D eigenvalue weighted by atomic mass is 32.2. The first-order chi connectivity index (χ1) is 11.9. The summed E-state index contributed by atoms with van der Waals surface area (Å²) in [6.45, 7) is 5.62. The maximum absolute atomic E-state index is 13.0. The van der Waals surface area contributed by atoms with E-state index in [-0.39, 0.29) is 28.4 Å². The maximum atomic E-state index is 13.0. The second-order valence-electron chi connectivity index (χ2n) is 7.74. The predicted octanol–water partition coefficient (Wildman–Crippen LogP) is 3.66.